The summed E-state index contributed by atoms with van der Waals surface area (Å²) in [6.45, 7) is 2.69. The van der Waals surface area contributed by atoms with Gasteiger partial charge in [-0.1, -0.05) is 24.3 Å². The molecule has 0 saturated carbocycles. The quantitative estimate of drug-likeness (QED) is 0.725. The van der Waals surface area contributed by atoms with Gasteiger partial charge in [0.1, 0.15) is 5.75 Å². The van der Waals surface area contributed by atoms with Crippen molar-refractivity contribution < 1.29 is 4.74 Å². The molecule has 0 aliphatic rings. The Balaban J connectivity index is 2.64. The summed E-state index contributed by atoms with van der Waals surface area (Å²) in [4.78, 5) is 0. The van der Waals surface area contributed by atoms with Gasteiger partial charge in [0.2, 0.25) is 0 Å². The van der Waals surface area contributed by atoms with Gasteiger partial charge in [0.15, 0.2) is 0 Å². The van der Waals surface area contributed by atoms with Crippen LogP contribution in [0.1, 0.15) is 12.5 Å². The van der Waals surface area contributed by atoms with Gasteiger partial charge in [0, 0.05) is 5.75 Å². The van der Waals surface area contributed by atoms with Gasteiger partial charge in [-0.15, -0.1) is 0 Å². The Bertz CT molecular complexity index is 264. The van der Waals surface area contributed by atoms with Crippen LogP contribution in [0.25, 0.3) is 6.08 Å². The number of hydrogen-bond acceptors (Lipinski definition) is 2. The van der Waals surface area contributed by atoms with Crippen LogP contribution in [0.5, 0.6) is 5.75 Å². The molecule has 0 saturated heterocycles. The average Bonchev–Trinajstić information content (AvgIpc) is 2.17. The SMILES string of the molecule is CCOc1ccc(C=CCS)cc1. The molecule has 0 amide bonds. The van der Waals surface area contributed by atoms with Crippen molar-refractivity contribution in [3.63, 3.8) is 0 Å². The van der Waals surface area contributed by atoms with Gasteiger partial charge in [-0.25, -0.2) is 0 Å². The first kappa shape index (κ1) is 10.2. The van der Waals surface area contributed by atoms with E-state index in [1.54, 1.807) is 0 Å². The maximum Gasteiger partial charge on any atom is 0.119 e. The molecule has 1 aromatic carbocycles. The normalized spacial score (nSPS) is 10.6. The number of thiol groups is 1. The maximum absolute atomic E-state index is 5.33. The molecular weight excluding hydrogens is 180 g/mol. The van der Waals surface area contributed by atoms with Crippen LogP contribution in [-0.2, 0) is 0 Å². The first-order chi connectivity index (χ1) is 6.36. The largest absolute Gasteiger partial charge is 0.494 e. The third-order valence-corrected chi connectivity index (χ3v) is 1.82. The van der Waals surface area contributed by atoms with Crippen LogP contribution >= 0.6 is 12.6 Å². The summed E-state index contributed by atoms with van der Waals surface area (Å²) in [5.41, 5.74) is 1.18. The summed E-state index contributed by atoms with van der Waals surface area (Å²) in [6, 6.07) is 8.01. The molecule has 0 N–H and O–H groups in total. The van der Waals surface area contributed by atoms with Crippen LogP contribution in [-0.4, -0.2) is 12.4 Å². The van der Waals surface area contributed by atoms with E-state index < -0.39 is 0 Å². The van der Waals surface area contributed by atoms with E-state index in [-0.39, 0.29) is 0 Å². The van der Waals surface area contributed by atoms with Gasteiger partial charge in [-0.05, 0) is 24.6 Å². The Labute approximate surface area is 84.8 Å². The number of ether oxygens (including phenoxy) is 1. The minimum absolute atomic E-state index is 0.714. The predicted octanol–water partition coefficient (Wildman–Crippen LogP) is 3.03. The molecule has 1 nitrogen and oxygen atoms in total. The average molecular weight is 194 g/mol. The zero-order valence-electron chi connectivity index (χ0n) is 7.73. The van der Waals surface area contributed by atoms with Gasteiger partial charge in [0.05, 0.1) is 6.61 Å². The summed E-state index contributed by atoms with van der Waals surface area (Å²) in [5, 5.41) is 0. The molecule has 0 unspecified atom stereocenters. The van der Waals surface area contributed by atoms with E-state index in [1.165, 1.54) is 5.56 Å². The smallest absolute Gasteiger partial charge is 0.119 e. The Morgan fingerprint density at radius 1 is 1.31 bits per heavy atom. The Morgan fingerprint density at radius 3 is 2.54 bits per heavy atom. The van der Waals surface area contributed by atoms with Crippen molar-refractivity contribution in [3.8, 4) is 5.75 Å². The molecule has 0 aliphatic carbocycles. The van der Waals surface area contributed by atoms with E-state index in [1.807, 2.05) is 43.3 Å². The highest BCUT2D eigenvalue weighted by Crippen LogP contribution is 2.12. The molecule has 0 aromatic heterocycles. The Hall–Kier alpha value is -0.890. The lowest BCUT2D eigenvalue weighted by molar-refractivity contribution is 0.340. The minimum atomic E-state index is 0.714. The zero-order valence-corrected chi connectivity index (χ0v) is 8.63. The second-order valence-corrected chi connectivity index (χ2v) is 2.95. The van der Waals surface area contributed by atoms with E-state index in [9.17, 15) is 0 Å². The third kappa shape index (κ3) is 3.55. The highest BCUT2D eigenvalue weighted by molar-refractivity contribution is 7.80. The Kier molecular flexibility index (Phi) is 4.47. The van der Waals surface area contributed by atoms with Crippen molar-refractivity contribution in [1.82, 2.24) is 0 Å². The molecule has 13 heavy (non-hydrogen) atoms. The molecular formula is C11H14OS. The lowest BCUT2D eigenvalue weighted by Gasteiger charge is -2.01. The van der Waals surface area contributed by atoms with E-state index >= 15 is 0 Å². The first-order valence-electron chi connectivity index (χ1n) is 4.37. The van der Waals surface area contributed by atoms with Crippen molar-refractivity contribution in [2.75, 3.05) is 12.4 Å². The second kappa shape index (κ2) is 5.70. The van der Waals surface area contributed by atoms with Crippen molar-refractivity contribution in [2.45, 2.75) is 6.92 Å². The van der Waals surface area contributed by atoms with Crippen LogP contribution < -0.4 is 4.74 Å². The first-order valence-corrected chi connectivity index (χ1v) is 5.00. The van der Waals surface area contributed by atoms with Gasteiger partial charge >= 0.3 is 0 Å². The molecule has 0 atom stereocenters. The van der Waals surface area contributed by atoms with E-state index in [0.717, 1.165) is 11.5 Å². The molecule has 0 fully saturated rings. The molecule has 0 bridgehead atoms. The molecule has 0 spiro atoms. The predicted molar refractivity (Wildman–Crippen MR) is 60.5 cm³/mol. The molecule has 0 heterocycles. The molecule has 0 aliphatic heterocycles. The zero-order chi connectivity index (χ0) is 9.52. The van der Waals surface area contributed by atoms with Crippen LogP contribution in [0.4, 0.5) is 0 Å². The lowest BCUT2D eigenvalue weighted by atomic mass is 10.2. The number of hydrogen-bond donors (Lipinski definition) is 1. The fourth-order valence-corrected chi connectivity index (χ4v) is 1.14. The standard InChI is InChI=1S/C11H14OS/c1-2-12-11-7-5-10(6-8-11)4-3-9-13/h3-8,13H,2,9H2,1H3. The summed E-state index contributed by atoms with van der Waals surface area (Å²) in [7, 11) is 0. The summed E-state index contributed by atoms with van der Waals surface area (Å²) in [5.74, 6) is 1.69. The van der Waals surface area contributed by atoms with E-state index in [2.05, 4.69) is 12.6 Å². The lowest BCUT2D eigenvalue weighted by Crippen LogP contribution is -1.90. The number of benzene rings is 1. The van der Waals surface area contributed by atoms with Crippen molar-refractivity contribution in [3.05, 3.63) is 35.9 Å². The molecule has 1 aromatic rings. The van der Waals surface area contributed by atoms with Crippen LogP contribution in [0.2, 0.25) is 0 Å². The van der Waals surface area contributed by atoms with Gasteiger partial charge in [-0.3, -0.25) is 0 Å². The second-order valence-electron chi connectivity index (χ2n) is 2.59. The summed E-state index contributed by atoms with van der Waals surface area (Å²) >= 11 is 4.09. The number of rotatable bonds is 4. The van der Waals surface area contributed by atoms with E-state index in [0.29, 0.717) is 6.61 Å². The topological polar surface area (TPSA) is 9.23 Å². The third-order valence-electron chi connectivity index (χ3n) is 1.61. The van der Waals surface area contributed by atoms with Crippen LogP contribution in [0, 0.1) is 0 Å². The van der Waals surface area contributed by atoms with Gasteiger partial charge in [-0.2, -0.15) is 12.6 Å². The Morgan fingerprint density at radius 2 is 2.00 bits per heavy atom. The maximum atomic E-state index is 5.33. The monoisotopic (exact) mass is 194 g/mol. The van der Waals surface area contributed by atoms with E-state index in [4.69, 9.17) is 4.74 Å². The summed E-state index contributed by atoms with van der Waals surface area (Å²) in [6.07, 6.45) is 4.06. The van der Waals surface area contributed by atoms with Crippen molar-refractivity contribution in [1.29, 1.82) is 0 Å². The van der Waals surface area contributed by atoms with Gasteiger partial charge < -0.3 is 4.74 Å². The molecule has 0 radical (unpaired) electrons. The fourth-order valence-electron chi connectivity index (χ4n) is 1.03. The van der Waals surface area contributed by atoms with Crippen LogP contribution in [0.3, 0.4) is 0 Å². The summed E-state index contributed by atoms with van der Waals surface area (Å²) < 4.78 is 5.33. The molecule has 1 rings (SSSR count). The minimum Gasteiger partial charge on any atom is -0.494 e. The fraction of sp³-hybridized carbons (Fsp3) is 0.273. The highest BCUT2D eigenvalue weighted by Gasteiger charge is 1.90. The van der Waals surface area contributed by atoms with Crippen molar-refractivity contribution >= 4 is 18.7 Å². The van der Waals surface area contributed by atoms with Gasteiger partial charge in [0.25, 0.3) is 0 Å². The highest BCUT2D eigenvalue weighted by atomic mass is 32.1. The van der Waals surface area contributed by atoms with Crippen LogP contribution in [0.15, 0.2) is 30.3 Å². The van der Waals surface area contributed by atoms with Crippen molar-refractivity contribution in [2.24, 2.45) is 0 Å². The molecule has 2 heteroatoms. The molecule has 70 valence electrons.